The Morgan fingerprint density at radius 2 is 2.26 bits per heavy atom. The van der Waals surface area contributed by atoms with E-state index in [0.717, 1.165) is 31.0 Å². The third-order valence-corrected chi connectivity index (χ3v) is 4.05. The lowest BCUT2D eigenvalue weighted by molar-refractivity contribution is 0.114. The average molecular weight is 264 g/mol. The van der Waals surface area contributed by atoms with Gasteiger partial charge in [0.15, 0.2) is 11.5 Å². The zero-order valence-electron chi connectivity index (χ0n) is 11.8. The van der Waals surface area contributed by atoms with Crippen LogP contribution in [-0.4, -0.2) is 36.2 Å². The minimum Gasteiger partial charge on any atom is -0.504 e. The van der Waals surface area contributed by atoms with E-state index in [1.807, 2.05) is 12.1 Å². The molecule has 1 aliphatic heterocycles. The second kappa shape index (κ2) is 6.26. The molecule has 1 saturated heterocycles. The van der Waals surface area contributed by atoms with E-state index in [9.17, 15) is 5.11 Å². The SMILES string of the molecule is COc1cccc(CN2CCC(C)CC2CN)c1O. The highest BCUT2D eigenvalue weighted by Gasteiger charge is 2.26. The Morgan fingerprint density at radius 1 is 1.47 bits per heavy atom. The Morgan fingerprint density at radius 3 is 2.95 bits per heavy atom. The molecule has 0 radical (unpaired) electrons. The van der Waals surface area contributed by atoms with Crippen molar-refractivity contribution in [2.24, 2.45) is 11.7 Å². The van der Waals surface area contributed by atoms with Gasteiger partial charge < -0.3 is 15.6 Å². The summed E-state index contributed by atoms with van der Waals surface area (Å²) in [5.41, 5.74) is 6.78. The Bertz CT molecular complexity index is 423. The lowest BCUT2D eigenvalue weighted by Gasteiger charge is -2.38. The molecule has 2 unspecified atom stereocenters. The van der Waals surface area contributed by atoms with E-state index in [2.05, 4.69) is 11.8 Å². The number of aromatic hydroxyl groups is 1. The smallest absolute Gasteiger partial charge is 0.162 e. The van der Waals surface area contributed by atoms with Gasteiger partial charge in [-0.1, -0.05) is 19.1 Å². The van der Waals surface area contributed by atoms with E-state index in [1.54, 1.807) is 13.2 Å². The molecule has 4 heteroatoms. The quantitative estimate of drug-likeness (QED) is 0.873. The fourth-order valence-corrected chi connectivity index (χ4v) is 2.83. The van der Waals surface area contributed by atoms with Gasteiger partial charge in [-0.2, -0.15) is 0 Å². The Hall–Kier alpha value is -1.26. The van der Waals surface area contributed by atoms with E-state index in [4.69, 9.17) is 10.5 Å². The third kappa shape index (κ3) is 3.19. The van der Waals surface area contributed by atoms with Crippen molar-refractivity contribution >= 4 is 0 Å². The summed E-state index contributed by atoms with van der Waals surface area (Å²) >= 11 is 0. The molecule has 3 N–H and O–H groups in total. The molecule has 4 nitrogen and oxygen atoms in total. The molecule has 2 atom stereocenters. The fourth-order valence-electron chi connectivity index (χ4n) is 2.83. The van der Waals surface area contributed by atoms with Gasteiger partial charge in [0, 0.05) is 24.7 Å². The predicted molar refractivity (Wildman–Crippen MR) is 76.3 cm³/mol. The zero-order valence-corrected chi connectivity index (χ0v) is 11.8. The fraction of sp³-hybridized carbons (Fsp3) is 0.600. The van der Waals surface area contributed by atoms with Gasteiger partial charge in [0.2, 0.25) is 0 Å². The number of phenols is 1. The maximum atomic E-state index is 10.1. The molecule has 0 bridgehead atoms. The van der Waals surface area contributed by atoms with Crippen molar-refractivity contribution in [2.75, 3.05) is 20.2 Å². The van der Waals surface area contributed by atoms with E-state index >= 15 is 0 Å². The van der Waals surface area contributed by atoms with Crippen LogP contribution in [0.3, 0.4) is 0 Å². The highest BCUT2D eigenvalue weighted by molar-refractivity contribution is 5.45. The number of benzene rings is 1. The number of para-hydroxylation sites is 1. The summed E-state index contributed by atoms with van der Waals surface area (Å²) in [4.78, 5) is 2.37. The topological polar surface area (TPSA) is 58.7 Å². The Kier molecular flexibility index (Phi) is 4.66. The van der Waals surface area contributed by atoms with Crippen LogP contribution in [0.4, 0.5) is 0 Å². The molecule has 0 aliphatic carbocycles. The maximum absolute atomic E-state index is 10.1. The van der Waals surface area contributed by atoms with Crippen molar-refractivity contribution in [1.82, 2.24) is 4.90 Å². The first-order valence-electron chi connectivity index (χ1n) is 6.94. The van der Waals surface area contributed by atoms with Crippen LogP contribution in [0, 0.1) is 5.92 Å². The number of methoxy groups -OCH3 is 1. The molecule has 1 aliphatic rings. The molecule has 1 aromatic carbocycles. The van der Waals surface area contributed by atoms with Gasteiger partial charge in [-0.05, 0) is 31.4 Å². The molecule has 0 aromatic heterocycles. The number of hydrogen-bond acceptors (Lipinski definition) is 4. The number of hydrogen-bond donors (Lipinski definition) is 2. The third-order valence-electron chi connectivity index (χ3n) is 4.05. The molecule has 1 heterocycles. The standard InChI is InChI=1S/C15H24N2O2/c1-11-6-7-17(13(8-11)9-16)10-12-4-3-5-14(19-2)15(12)18/h3-5,11,13,18H,6-10,16H2,1-2H3. The van der Waals surface area contributed by atoms with Crippen LogP contribution >= 0.6 is 0 Å². The summed E-state index contributed by atoms with van der Waals surface area (Å²) in [6, 6.07) is 6.05. The number of ether oxygens (including phenoxy) is 1. The first-order chi connectivity index (χ1) is 9.15. The van der Waals surface area contributed by atoms with Crippen LogP contribution in [0.5, 0.6) is 11.5 Å². The van der Waals surface area contributed by atoms with Crippen molar-refractivity contribution in [3.8, 4) is 11.5 Å². The lowest BCUT2D eigenvalue weighted by atomic mass is 9.92. The molecular weight excluding hydrogens is 240 g/mol. The molecule has 2 rings (SSSR count). The second-order valence-electron chi connectivity index (χ2n) is 5.46. The van der Waals surface area contributed by atoms with Gasteiger partial charge in [-0.3, -0.25) is 4.90 Å². The number of likely N-dealkylation sites (tertiary alicyclic amines) is 1. The molecule has 0 amide bonds. The van der Waals surface area contributed by atoms with Crippen molar-refractivity contribution in [3.05, 3.63) is 23.8 Å². The van der Waals surface area contributed by atoms with Crippen molar-refractivity contribution in [2.45, 2.75) is 32.4 Å². The van der Waals surface area contributed by atoms with Crippen molar-refractivity contribution in [1.29, 1.82) is 0 Å². The first kappa shape index (κ1) is 14.2. The minimum atomic E-state index is 0.249. The van der Waals surface area contributed by atoms with Gasteiger partial charge in [0.25, 0.3) is 0 Å². The van der Waals surface area contributed by atoms with Crippen LogP contribution in [0.2, 0.25) is 0 Å². The predicted octanol–water partition coefficient (Wildman–Crippen LogP) is 1.96. The summed E-state index contributed by atoms with van der Waals surface area (Å²) in [5.74, 6) is 1.52. The van der Waals surface area contributed by atoms with Gasteiger partial charge in [0.1, 0.15) is 0 Å². The van der Waals surface area contributed by atoms with Crippen LogP contribution in [0.25, 0.3) is 0 Å². The number of nitrogens with zero attached hydrogens (tertiary/aromatic N) is 1. The molecule has 19 heavy (non-hydrogen) atoms. The van der Waals surface area contributed by atoms with Gasteiger partial charge in [-0.25, -0.2) is 0 Å². The highest BCUT2D eigenvalue weighted by Crippen LogP contribution is 2.32. The van der Waals surface area contributed by atoms with Crippen LogP contribution in [0.1, 0.15) is 25.3 Å². The van der Waals surface area contributed by atoms with Gasteiger partial charge in [-0.15, -0.1) is 0 Å². The molecule has 0 saturated carbocycles. The second-order valence-corrected chi connectivity index (χ2v) is 5.46. The van der Waals surface area contributed by atoms with E-state index in [0.29, 0.717) is 18.3 Å². The summed E-state index contributed by atoms with van der Waals surface area (Å²) in [6.07, 6.45) is 2.34. The molecule has 0 spiro atoms. The number of rotatable bonds is 4. The molecule has 1 fully saturated rings. The summed E-state index contributed by atoms with van der Waals surface area (Å²) < 4.78 is 5.15. The summed E-state index contributed by atoms with van der Waals surface area (Å²) in [5, 5.41) is 10.1. The number of nitrogens with two attached hydrogens (primary N) is 1. The maximum Gasteiger partial charge on any atom is 0.162 e. The summed E-state index contributed by atoms with van der Waals surface area (Å²) in [7, 11) is 1.57. The zero-order chi connectivity index (χ0) is 13.8. The average Bonchev–Trinajstić information content (AvgIpc) is 2.42. The monoisotopic (exact) mass is 264 g/mol. The van der Waals surface area contributed by atoms with E-state index < -0.39 is 0 Å². The van der Waals surface area contributed by atoms with Crippen molar-refractivity contribution in [3.63, 3.8) is 0 Å². The molecular formula is C15H24N2O2. The Labute approximate surface area is 115 Å². The minimum absolute atomic E-state index is 0.249. The van der Waals surface area contributed by atoms with Gasteiger partial charge >= 0.3 is 0 Å². The normalized spacial score (nSPS) is 24.4. The van der Waals surface area contributed by atoms with Crippen LogP contribution in [0.15, 0.2) is 18.2 Å². The molecule has 1 aromatic rings. The first-order valence-corrected chi connectivity index (χ1v) is 6.94. The lowest BCUT2D eigenvalue weighted by Crippen LogP contribution is -2.45. The number of phenolic OH excluding ortho intramolecular Hbond substituents is 1. The van der Waals surface area contributed by atoms with Gasteiger partial charge in [0.05, 0.1) is 7.11 Å². The van der Waals surface area contributed by atoms with Crippen LogP contribution < -0.4 is 10.5 Å². The summed E-state index contributed by atoms with van der Waals surface area (Å²) in [6.45, 7) is 4.73. The van der Waals surface area contributed by atoms with Crippen LogP contribution in [-0.2, 0) is 6.54 Å². The molecule has 106 valence electrons. The number of piperidine rings is 1. The Balaban J connectivity index is 2.12. The van der Waals surface area contributed by atoms with Crippen molar-refractivity contribution < 1.29 is 9.84 Å². The largest absolute Gasteiger partial charge is 0.504 e. The highest BCUT2D eigenvalue weighted by atomic mass is 16.5. The van der Waals surface area contributed by atoms with E-state index in [1.165, 1.54) is 6.42 Å². The van der Waals surface area contributed by atoms with E-state index in [-0.39, 0.29) is 5.75 Å².